The Morgan fingerprint density at radius 3 is 2.28 bits per heavy atom. The van der Waals surface area contributed by atoms with Crippen molar-refractivity contribution in [2.24, 2.45) is 0 Å². The van der Waals surface area contributed by atoms with E-state index in [0.717, 1.165) is 13.1 Å². The number of carbonyl (C=O) groups is 1. The highest BCUT2D eigenvalue weighted by molar-refractivity contribution is 7.89. The van der Waals surface area contributed by atoms with Gasteiger partial charge in [-0.1, -0.05) is 30.3 Å². The predicted octanol–water partition coefficient (Wildman–Crippen LogP) is 2.19. The largest absolute Gasteiger partial charge is 0.368 e. The van der Waals surface area contributed by atoms with Gasteiger partial charge in [-0.05, 0) is 29.8 Å². The van der Waals surface area contributed by atoms with Gasteiger partial charge in [0, 0.05) is 43.7 Å². The van der Waals surface area contributed by atoms with Gasteiger partial charge < -0.3 is 9.80 Å². The lowest BCUT2D eigenvalue weighted by Gasteiger charge is -2.36. The zero-order valence-corrected chi connectivity index (χ0v) is 15.1. The maximum absolute atomic E-state index is 12.7. The minimum atomic E-state index is -3.11. The van der Waals surface area contributed by atoms with Crippen molar-refractivity contribution >= 4 is 21.4 Å². The molecule has 2 aromatic rings. The molecule has 0 aliphatic carbocycles. The van der Waals surface area contributed by atoms with E-state index in [0.29, 0.717) is 24.2 Å². The molecule has 0 bridgehead atoms. The predicted molar refractivity (Wildman–Crippen MR) is 99.5 cm³/mol. The second-order valence-electron chi connectivity index (χ2n) is 6.39. The summed E-state index contributed by atoms with van der Waals surface area (Å²) >= 11 is 0. The highest BCUT2D eigenvalue weighted by atomic mass is 32.2. The average Bonchev–Trinajstić information content (AvgIpc) is 2.61. The molecule has 25 heavy (non-hydrogen) atoms. The molecule has 1 heterocycles. The Bertz CT molecular complexity index is 842. The minimum absolute atomic E-state index is 0.0388. The number of carbonyl (C=O) groups excluding carboxylic acids is 1. The molecule has 0 aromatic heterocycles. The fourth-order valence-corrected chi connectivity index (χ4v) is 3.87. The Morgan fingerprint density at radius 1 is 0.960 bits per heavy atom. The van der Waals surface area contributed by atoms with Gasteiger partial charge in [0.25, 0.3) is 5.91 Å². The topological polar surface area (TPSA) is 57.7 Å². The SMILES string of the molecule is CS(=O)(=O)Cc1cccc(C(=O)N2CCN(c3ccccc3)CC2)c1. The van der Waals surface area contributed by atoms with Crippen molar-refractivity contribution in [2.75, 3.05) is 37.3 Å². The highest BCUT2D eigenvalue weighted by Gasteiger charge is 2.22. The smallest absolute Gasteiger partial charge is 0.253 e. The normalized spacial score (nSPS) is 15.2. The lowest BCUT2D eigenvalue weighted by Crippen LogP contribution is -2.48. The second kappa shape index (κ2) is 7.27. The first-order chi connectivity index (χ1) is 11.9. The van der Waals surface area contributed by atoms with Crippen molar-refractivity contribution in [3.8, 4) is 0 Å². The Labute approximate surface area is 148 Å². The first kappa shape index (κ1) is 17.5. The number of benzene rings is 2. The minimum Gasteiger partial charge on any atom is -0.368 e. The molecule has 1 aliphatic heterocycles. The first-order valence-electron chi connectivity index (χ1n) is 8.28. The van der Waals surface area contributed by atoms with Crippen molar-refractivity contribution in [2.45, 2.75) is 5.75 Å². The summed E-state index contributed by atoms with van der Waals surface area (Å²) in [5.41, 5.74) is 2.37. The molecule has 6 heteroatoms. The van der Waals surface area contributed by atoms with E-state index in [9.17, 15) is 13.2 Å². The molecule has 2 aromatic carbocycles. The van der Waals surface area contributed by atoms with Crippen LogP contribution in [0, 0.1) is 0 Å². The van der Waals surface area contributed by atoms with Crippen LogP contribution in [0.4, 0.5) is 5.69 Å². The third-order valence-corrected chi connectivity index (χ3v) is 5.15. The summed E-state index contributed by atoms with van der Waals surface area (Å²) in [4.78, 5) is 16.8. The van der Waals surface area contributed by atoms with Crippen LogP contribution >= 0.6 is 0 Å². The molecule has 0 unspecified atom stereocenters. The van der Waals surface area contributed by atoms with Crippen LogP contribution in [0.1, 0.15) is 15.9 Å². The Morgan fingerprint density at radius 2 is 1.64 bits per heavy atom. The molecule has 1 aliphatic rings. The molecule has 1 fully saturated rings. The van der Waals surface area contributed by atoms with E-state index in [2.05, 4.69) is 17.0 Å². The van der Waals surface area contributed by atoms with Crippen LogP contribution in [0.3, 0.4) is 0 Å². The number of hydrogen-bond acceptors (Lipinski definition) is 4. The molecule has 0 saturated carbocycles. The third-order valence-electron chi connectivity index (χ3n) is 4.29. The quantitative estimate of drug-likeness (QED) is 0.841. The number of anilines is 1. The third kappa shape index (κ3) is 4.60. The zero-order valence-electron chi connectivity index (χ0n) is 14.3. The number of rotatable bonds is 4. The Balaban J connectivity index is 1.66. The number of hydrogen-bond donors (Lipinski definition) is 0. The second-order valence-corrected chi connectivity index (χ2v) is 8.53. The molecule has 132 valence electrons. The van der Waals surface area contributed by atoms with E-state index >= 15 is 0 Å². The lowest BCUT2D eigenvalue weighted by atomic mass is 10.1. The summed E-state index contributed by atoms with van der Waals surface area (Å²) in [7, 11) is -3.11. The van der Waals surface area contributed by atoms with Crippen LogP contribution in [-0.4, -0.2) is 51.7 Å². The van der Waals surface area contributed by atoms with Crippen molar-refractivity contribution in [3.05, 3.63) is 65.7 Å². The fourth-order valence-electron chi connectivity index (χ4n) is 3.09. The standard InChI is InChI=1S/C19H22N2O3S/c1-25(23,24)15-16-6-5-7-17(14-16)19(22)21-12-10-20(11-13-21)18-8-3-2-4-9-18/h2-9,14H,10-13,15H2,1H3. The Kier molecular flexibility index (Phi) is 5.08. The van der Waals surface area contributed by atoms with Crippen molar-refractivity contribution in [3.63, 3.8) is 0 Å². The van der Waals surface area contributed by atoms with Gasteiger partial charge >= 0.3 is 0 Å². The number of amides is 1. The first-order valence-corrected chi connectivity index (χ1v) is 10.3. The van der Waals surface area contributed by atoms with Gasteiger partial charge in [-0.15, -0.1) is 0 Å². The number of para-hydroxylation sites is 1. The molecule has 1 amide bonds. The molecule has 0 spiro atoms. The van der Waals surface area contributed by atoms with Crippen molar-refractivity contribution < 1.29 is 13.2 Å². The van der Waals surface area contributed by atoms with Crippen molar-refractivity contribution in [1.29, 1.82) is 0 Å². The molecule has 3 rings (SSSR count). The number of sulfone groups is 1. The van der Waals surface area contributed by atoms with Crippen LogP contribution < -0.4 is 4.90 Å². The van der Waals surface area contributed by atoms with E-state index in [-0.39, 0.29) is 11.7 Å². The highest BCUT2D eigenvalue weighted by Crippen LogP contribution is 2.17. The summed E-state index contributed by atoms with van der Waals surface area (Å²) < 4.78 is 22.9. The van der Waals surface area contributed by atoms with Gasteiger partial charge in [0.1, 0.15) is 0 Å². The van der Waals surface area contributed by atoms with Gasteiger partial charge in [0.15, 0.2) is 9.84 Å². The number of piperazine rings is 1. The molecular weight excluding hydrogens is 336 g/mol. The van der Waals surface area contributed by atoms with Gasteiger partial charge in [-0.25, -0.2) is 8.42 Å². The van der Waals surface area contributed by atoms with E-state index in [1.165, 1.54) is 11.9 Å². The van der Waals surface area contributed by atoms with Crippen LogP contribution in [-0.2, 0) is 15.6 Å². The van der Waals surface area contributed by atoms with E-state index in [1.54, 1.807) is 24.3 Å². The molecule has 1 saturated heterocycles. The molecule has 0 radical (unpaired) electrons. The maximum Gasteiger partial charge on any atom is 0.253 e. The van der Waals surface area contributed by atoms with Gasteiger partial charge in [-0.2, -0.15) is 0 Å². The van der Waals surface area contributed by atoms with Crippen LogP contribution in [0.5, 0.6) is 0 Å². The summed E-state index contributed by atoms with van der Waals surface area (Å²) in [6, 6.07) is 17.1. The zero-order chi connectivity index (χ0) is 17.9. The maximum atomic E-state index is 12.7. The van der Waals surface area contributed by atoms with E-state index < -0.39 is 9.84 Å². The molecular formula is C19H22N2O3S. The summed E-state index contributed by atoms with van der Waals surface area (Å²) in [5, 5.41) is 0. The summed E-state index contributed by atoms with van der Waals surface area (Å²) in [5.74, 6) is -0.0846. The average molecular weight is 358 g/mol. The summed E-state index contributed by atoms with van der Waals surface area (Å²) in [6.45, 7) is 2.89. The molecule has 0 atom stereocenters. The van der Waals surface area contributed by atoms with Crippen LogP contribution in [0.25, 0.3) is 0 Å². The monoisotopic (exact) mass is 358 g/mol. The Hall–Kier alpha value is -2.34. The van der Waals surface area contributed by atoms with Gasteiger partial charge in [0.2, 0.25) is 0 Å². The van der Waals surface area contributed by atoms with Crippen LogP contribution in [0.2, 0.25) is 0 Å². The molecule has 0 N–H and O–H groups in total. The van der Waals surface area contributed by atoms with E-state index in [1.807, 2.05) is 23.1 Å². The van der Waals surface area contributed by atoms with Gasteiger partial charge in [-0.3, -0.25) is 4.79 Å². The lowest BCUT2D eigenvalue weighted by molar-refractivity contribution is 0.0746. The molecule has 5 nitrogen and oxygen atoms in total. The van der Waals surface area contributed by atoms with Crippen LogP contribution in [0.15, 0.2) is 54.6 Å². The summed E-state index contributed by atoms with van der Waals surface area (Å²) in [6.07, 6.45) is 1.20. The van der Waals surface area contributed by atoms with Crippen molar-refractivity contribution in [1.82, 2.24) is 4.90 Å². The number of nitrogens with zero attached hydrogens (tertiary/aromatic N) is 2. The van der Waals surface area contributed by atoms with E-state index in [4.69, 9.17) is 0 Å². The fraction of sp³-hybridized carbons (Fsp3) is 0.316. The van der Waals surface area contributed by atoms with Gasteiger partial charge in [0.05, 0.1) is 5.75 Å².